The van der Waals surface area contributed by atoms with Crippen LogP contribution in [-0.2, 0) is 17.6 Å². The van der Waals surface area contributed by atoms with E-state index in [-0.39, 0.29) is 24.7 Å². The Morgan fingerprint density at radius 3 is 2.54 bits per heavy atom. The molecule has 1 amide bonds. The van der Waals surface area contributed by atoms with E-state index in [1.165, 1.54) is 10.5 Å². The maximum absolute atomic E-state index is 13.2. The van der Waals surface area contributed by atoms with Crippen LogP contribution in [0.1, 0.15) is 34.8 Å². The Morgan fingerprint density at radius 2 is 1.83 bits per heavy atom. The van der Waals surface area contributed by atoms with E-state index in [1.54, 1.807) is 30.3 Å². The summed E-state index contributed by atoms with van der Waals surface area (Å²) < 4.78 is 12.0. The number of carboxylic acids is 1. The highest BCUT2D eigenvalue weighted by atomic mass is 35.5. The summed E-state index contributed by atoms with van der Waals surface area (Å²) in [4.78, 5) is 25.9. The Labute approximate surface area is 210 Å². The van der Waals surface area contributed by atoms with Crippen molar-refractivity contribution in [2.75, 3.05) is 19.7 Å². The molecule has 1 aliphatic rings. The minimum Gasteiger partial charge on any atom is -0.492 e. The van der Waals surface area contributed by atoms with Crippen LogP contribution in [0.15, 0.2) is 72.8 Å². The van der Waals surface area contributed by atoms with E-state index in [0.29, 0.717) is 16.3 Å². The Hall–Kier alpha value is -3.51. The number of carbonyl (C=O) groups is 2. The molecule has 35 heavy (non-hydrogen) atoms. The highest BCUT2D eigenvalue weighted by molar-refractivity contribution is 6.30. The van der Waals surface area contributed by atoms with Gasteiger partial charge in [-0.15, -0.1) is 0 Å². The average Bonchev–Trinajstić information content (AvgIpc) is 2.84. The first-order valence-electron chi connectivity index (χ1n) is 11.6. The molecule has 4 rings (SSSR count). The normalized spacial score (nSPS) is 16.6. The number of nitrogens with zero attached hydrogens (tertiary/aromatic N) is 1. The van der Waals surface area contributed by atoms with Gasteiger partial charge < -0.3 is 19.5 Å². The third-order valence-electron chi connectivity index (χ3n) is 6.06. The van der Waals surface area contributed by atoms with Gasteiger partial charge in [-0.25, -0.2) is 0 Å². The first-order valence-corrected chi connectivity index (χ1v) is 11.9. The summed E-state index contributed by atoms with van der Waals surface area (Å²) in [6.45, 7) is 1.99. The smallest absolute Gasteiger partial charge is 0.323 e. The van der Waals surface area contributed by atoms with Crippen LogP contribution >= 0.6 is 11.6 Å². The Bertz CT molecular complexity index is 1180. The fourth-order valence-electron chi connectivity index (χ4n) is 4.28. The van der Waals surface area contributed by atoms with Crippen LogP contribution in [0.4, 0.5) is 0 Å². The number of aryl methyl sites for hydroxylation is 1. The summed E-state index contributed by atoms with van der Waals surface area (Å²) in [6.07, 6.45) is 2.40. The molecule has 1 atom stereocenters. The molecule has 1 N–H and O–H groups in total. The Kier molecular flexibility index (Phi) is 7.61. The zero-order valence-corrected chi connectivity index (χ0v) is 20.3. The van der Waals surface area contributed by atoms with Crippen LogP contribution in [0.5, 0.6) is 11.5 Å². The van der Waals surface area contributed by atoms with E-state index in [1.807, 2.05) is 30.3 Å². The van der Waals surface area contributed by atoms with E-state index < -0.39 is 12.5 Å². The van der Waals surface area contributed by atoms with Gasteiger partial charge in [0.05, 0.1) is 6.54 Å². The fraction of sp³-hybridized carbons (Fsp3) is 0.286. The molecule has 0 aliphatic carbocycles. The second kappa shape index (κ2) is 10.8. The third kappa shape index (κ3) is 6.55. The number of hydrogen-bond acceptors (Lipinski definition) is 4. The van der Waals surface area contributed by atoms with Crippen molar-refractivity contribution in [2.24, 2.45) is 0 Å². The number of benzene rings is 3. The number of carbonyl (C=O) groups excluding carboxylic acids is 1. The molecule has 1 unspecified atom stereocenters. The predicted octanol–water partition coefficient (Wildman–Crippen LogP) is 5.27. The molecule has 0 aromatic heterocycles. The summed E-state index contributed by atoms with van der Waals surface area (Å²) in [7, 11) is 0. The molecule has 3 aromatic rings. The molecule has 1 aliphatic heterocycles. The molecular weight excluding hydrogens is 466 g/mol. The van der Waals surface area contributed by atoms with Gasteiger partial charge in [-0.2, -0.15) is 0 Å². The molecule has 0 radical (unpaired) electrons. The van der Waals surface area contributed by atoms with E-state index in [0.717, 1.165) is 30.6 Å². The number of hydrogen-bond donors (Lipinski definition) is 1. The maximum atomic E-state index is 13.2. The zero-order valence-electron chi connectivity index (χ0n) is 19.6. The van der Waals surface area contributed by atoms with Crippen LogP contribution in [0.25, 0.3) is 0 Å². The topological polar surface area (TPSA) is 76.1 Å². The minimum atomic E-state index is -1.08. The van der Waals surface area contributed by atoms with Crippen molar-refractivity contribution in [3.8, 4) is 11.5 Å². The monoisotopic (exact) mass is 493 g/mol. The molecule has 0 saturated heterocycles. The number of ether oxygens (including phenoxy) is 2. The number of rotatable bonds is 9. The van der Waals surface area contributed by atoms with Crippen molar-refractivity contribution in [3.63, 3.8) is 0 Å². The van der Waals surface area contributed by atoms with Crippen molar-refractivity contribution in [3.05, 3.63) is 94.5 Å². The van der Waals surface area contributed by atoms with Crippen LogP contribution in [0.2, 0.25) is 5.02 Å². The van der Waals surface area contributed by atoms with Crippen molar-refractivity contribution in [1.82, 2.24) is 4.90 Å². The Morgan fingerprint density at radius 1 is 1.09 bits per heavy atom. The van der Waals surface area contributed by atoms with Gasteiger partial charge in [0.1, 0.15) is 30.3 Å². The molecule has 0 fully saturated rings. The summed E-state index contributed by atoms with van der Waals surface area (Å²) >= 11 is 5.88. The SMILES string of the molecule is CC1(Cc2ccccc2)CCc2cc(C(=O)N(CCOc3ccc(Cl)cc3)CC(=O)O)ccc2O1. The van der Waals surface area contributed by atoms with Gasteiger partial charge in [0.25, 0.3) is 5.91 Å². The summed E-state index contributed by atoms with van der Waals surface area (Å²) in [5.74, 6) is -0.0703. The standard InChI is InChI=1S/C28H28ClNO5/c1-28(18-20-5-3-2-4-6-20)14-13-21-17-22(7-12-25(21)35-28)27(33)30(19-26(31)32)15-16-34-24-10-8-23(29)9-11-24/h2-12,17H,13-16,18-19H2,1H3,(H,31,32). The van der Waals surface area contributed by atoms with Crippen molar-refractivity contribution >= 4 is 23.5 Å². The first-order chi connectivity index (χ1) is 16.8. The molecule has 0 saturated carbocycles. The Balaban J connectivity index is 1.42. The number of fused-ring (bicyclic) bond motifs is 1. The largest absolute Gasteiger partial charge is 0.492 e. The van der Waals surface area contributed by atoms with Gasteiger partial charge in [0, 0.05) is 17.0 Å². The second-order valence-electron chi connectivity index (χ2n) is 8.96. The first kappa shape index (κ1) is 24.6. The molecule has 6 nitrogen and oxygen atoms in total. The summed E-state index contributed by atoms with van der Waals surface area (Å²) in [5.41, 5.74) is 2.28. The van der Waals surface area contributed by atoms with Crippen LogP contribution in [0, 0.1) is 0 Å². The van der Waals surface area contributed by atoms with Gasteiger partial charge in [-0.05, 0) is 73.4 Å². The van der Waals surface area contributed by atoms with E-state index in [2.05, 4.69) is 19.1 Å². The number of amides is 1. The second-order valence-corrected chi connectivity index (χ2v) is 9.40. The molecule has 182 valence electrons. The molecule has 0 spiro atoms. The van der Waals surface area contributed by atoms with Gasteiger partial charge in [-0.3, -0.25) is 9.59 Å². The number of aliphatic carboxylic acids is 1. The van der Waals surface area contributed by atoms with Crippen LogP contribution in [-0.4, -0.2) is 47.2 Å². The van der Waals surface area contributed by atoms with Crippen molar-refractivity contribution in [2.45, 2.75) is 31.8 Å². The molecule has 0 bridgehead atoms. The lowest BCUT2D eigenvalue weighted by atomic mass is 9.87. The molecular formula is C28H28ClNO5. The molecule has 7 heteroatoms. The van der Waals surface area contributed by atoms with Gasteiger partial charge >= 0.3 is 5.97 Å². The summed E-state index contributed by atoms with van der Waals surface area (Å²) in [5, 5.41) is 9.92. The lowest BCUT2D eigenvalue weighted by Gasteiger charge is -2.36. The lowest BCUT2D eigenvalue weighted by Crippen LogP contribution is -2.39. The minimum absolute atomic E-state index is 0.135. The van der Waals surface area contributed by atoms with Crippen LogP contribution < -0.4 is 9.47 Å². The van der Waals surface area contributed by atoms with Crippen molar-refractivity contribution in [1.29, 1.82) is 0 Å². The predicted molar refractivity (Wildman–Crippen MR) is 134 cm³/mol. The lowest BCUT2D eigenvalue weighted by molar-refractivity contribution is -0.137. The molecule has 1 heterocycles. The van der Waals surface area contributed by atoms with E-state index in [9.17, 15) is 14.7 Å². The van der Waals surface area contributed by atoms with E-state index >= 15 is 0 Å². The fourth-order valence-corrected chi connectivity index (χ4v) is 4.40. The van der Waals surface area contributed by atoms with Gasteiger partial charge in [0.2, 0.25) is 0 Å². The van der Waals surface area contributed by atoms with Gasteiger partial charge in [-0.1, -0.05) is 41.9 Å². The van der Waals surface area contributed by atoms with Crippen molar-refractivity contribution < 1.29 is 24.2 Å². The zero-order chi connectivity index (χ0) is 24.8. The quantitative estimate of drug-likeness (QED) is 0.439. The summed E-state index contributed by atoms with van der Waals surface area (Å²) in [6, 6.07) is 22.4. The average molecular weight is 494 g/mol. The maximum Gasteiger partial charge on any atom is 0.323 e. The number of carboxylic acid groups (broad SMARTS) is 1. The third-order valence-corrected chi connectivity index (χ3v) is 6.32. The molecule has 3 aromatic carbocycles. The van der Waals surface area contributed by atoms with E-state index in [4.69, 9.17) is 21.1 Å². The van der Waals surface area contributed by atoms with Crippen LogP contribution in [0.3, 0.4) is 0 Å². The van der Waals surface area contributed by atoms with Gasteiger partial charge in [0.15, 0.2) is 0 Å². The highest BCUT2D eigenvalue weighted by Crippen LogP contribution is 2.36. The highest BCUT2D eigenvalue weighted by Gasteiger charge is 2.32. The number of halogens is 1.